The second kappa shape index (κ2) is 5.29. The van der Waals surface area contributed by atoms with E-state index in [1.807, 2.05) is 6.92 Å². The first kappa shape index (κ1) is 12.1. The van der Waals surface area contributed by atoms with Gasteiger partial charge in [0.05, 0.1) is 19.3 Å². The molecule has 1 unspecified atom stereocenters. The van der Waals surface area contributed by atoms with Crippen molar-refractivity contribution in [2.45, 2.75) is 19.4 Å². The van der Waals surface area contributed by atoms with Crippen LogP contribution >= 0.6 is 0 Å². The summed E-state index contributed by atoms with van der Waals surface area (Å²) in [4.78, 5) is 10.7. The van der Waals surface area contributed by atoms with Crippen molar-refractivity contribution >= 4 is 11.6 Å². The number of aromatic nitrogens is 2. The van der Waals surface area contributed by atoms with Gasteiger partial charge >= 0.3 is 0 Å². The minimum atomic E-state index is -0.148. The van der Waals surface area contributed by atoms with Crippen LogP contribution in [0.4, 0.5) is 11.6 Å². The number of nitrogens with two attached hydrogens (primary N) is 1. The highest BCUT2D eigenvalue weighted by Crippen LogP contribution is 2.17. The van der Waals surface area contributed by atoms with Crippen molar-refractivity contribution in [3.63, 3.8) is 0 Å². The molecule has 2 heterocycles. The summed E-state index contributed by atoms with van der Waals surface area (Å²) < 4.78 is 5.40. The van der Waals surface area contributed by atoms with Crippen LogP contribution in [0.15, 0.2) is 6.07 Å². The minimum absolute atomic E-state index is 0.0255. The predicted molar refractivity (Wildman–Crippen MR) is 64.9 cm³/mol. The lowest BCUT2D eigenvalue weighted by molar-refractivity contribution is 0.00335. The number of rotatable bonds is 3. The number of anilines is 2. The van der Waals surface area contributed by atoms with Crippen LogP contribution in [-0.2, 0) is 11.2 Å². The number of nitrogen functional groups attached to an aromatic ring is 1. The van der Waals surface area contributed by atoms with E-state index in [1.54, 1.807) is 6.07 Å². The summed E-state index contributed by atoms with van der Waals surface area (Å²) in [6.07, 6.45) is 0.608. The molecule has 94 valence electrons. The molecule has 1 aromatic rings. The summed E-state index contributed by atoms with van der Waals surface area (Å²) in [6.45, 7) is 4.01. The normalized spacial score (nSPS) is 20.6. The third-order valence-corrected chi connectivity index (χ3v) is 2.76. The number of nitrogens with zero attached hydrogens (tertiary/aromatic N) is 3. The van der Waals surface area contributed by atoms with Crippen LogP contribution in [0.5, 0.6) is 0 Å². The molecule has 0 aromatic carbocycles. The number of aliphatic hydroxyl groups is 1. The van der Waals surface area contributed by atoms with Gasteiger partial charge in [0.2, 0.25) is 0 Å². The molecule has 6 heteroatoms. The van der Waals surface area contributed by atoms with Crippen molar-refractivity contribution in [3.8, 4) is 0 Å². The van der Waals surface area contributed by atoms with E-state index in [4.69, 9.17) is 15.6 Å². The Labute approximate surface area is 100 Å². The van der Waals surface area contributed by atoms with Crippen molar-refractivity contribution in [1.29, 1.82) is 0 Å². The molecule has 1 aromatic heterocycles. The molecule has 0 saturated carbocycles. The molecule has 0 spiro atoms. The Morgan fingerprint density at radius 2 is 2.41 bits per heavy atom. The molecule has 0 aliphatic carbocycles. The van der Waals surface area contributed by atoms with Crippen molar-refractivity contribution in [2.75, 3.05) is 36.9 Å². The van der Waals surface area contributed by atoms with Crippen molar-refractivity contribution in [3.05, 3.63) is 11.9 Å². The molecule has 0 radical (unpaired) electrons. The summed E-state index contributed by atoms with van der Waals surface area (Å²) in [6, 6.07) is 1.76. The molecule has 1 aliphatic rings. The molecule has 2 rings (SSSR count). The Bertz CT molecular complexity index is 386. The van der Waals surface area contributed by atoms with Gasteiger partial charge in [0.1, 0.15) is 17.5 Å². The molecule has 1 atom stereocenters. The first-order valence-corrected chi connectivity index (χ1v) is 5.83. The average Bonchev–Trinajstić information content (AvgIpc) is 2.38. The molecule has 3 N–H and O–H groups in total. The van der Waals surface area contributed by atoms with Gasteiger partial charge in [0, 0.05) is 25.6 Å². The van der Waals surface area contributed by atoms with Crippen molar-refractivity contribution in [2.24, 2.45) is 0 Å². The van der Waals surface area contributed by atoms with Crippen LogP contribution < -0.4 is 10.6 Å². The highest BCUT2D eigenvalue weighted by molar-refractivity contribution is 5.47. The van der Waals surface area contributed by atoms with E-state index in [0.717, 1.165) is 24.6 Å². The number of aryl methyl sites for hydroxylation is 1. The Balaban J connectivity index is 2.18. The standard InChI is InChI=1S/C11H18N4O2/c1-2-10-13-9(12)5-11(14-10)15-3-4-17-8(6-15)7-16/h5,8,16H,2-4,6-7H2,1H3,(H2,12,13,14). The van der Waals surface area contributed by atoms with Crippen LogP contribution in [-0.4, -0.2) is 47.5 Å². The summed E-state index contributed by atoms with van der Waals surface area (Å²) >= 11 is 0. The van der Waals surface area contributed by atoms with Gasteiger partial charge in [-0.3, -0.25) is 0 Å². The van der Waals surface area contributed by atoms with Gasteiger partial charge in [-0.1, -0.05) is 6.92 Å². The van der Waals surface area contributed by atoms with E-state index in [-0.39, 0.29) is 12.7 Å². The fraction of sp³-hybridized carbons (Fsp3) is 0.636. The van der Waals surface area contributed by atoms with Crippen LogP contribution in [0.2, 0.25) is 0 Å². The van der Waals surface area contributed by atoms with Gasteiger partial charge in [0.15, 0.2) is 0 Å². The van der Waals surface area contributed by atoms with Crippen LogP contribution in [0.3, 0.4) is 0 Å². The number of hydrogen-bond acceptors (Lipinski definition) is 6. The molecular formula is C11H18N4O2. The van der Waals surface area contributed by atoms with Crippen LogP contribution in [0.1, 0.15) is 12.7 Å². The SMILES string of the molecule is CCc1nc(N)cc(N2CCOC(CO)C2)n1. The van der Waals surface area contributed by atoms with Gasteiger partial charge in [-0.05, 0) is 0 Å². The first-order valence-electron chi connectivity index (χ1n) is 5.83. The zero-order chi connectivity index (χ0) is 12.3. The Hall–Kier alpha value is -1.40. The Kier molecular flexibility index (Phi) is 3.75. The third-order valence-electron chi connectivity index (χ3n) is 2.76. The zero-order valence-electron chi connectivity index (χ0n) is 9.96. The molecule has 1 fully saturated rings. The van der Waals surface area contributed by atoms with E-state index in [2.05, 4.69) is 14.9 Å². The average molecular weight is 238 g/mol. The lowest BCUT2D eigenvalue weighted by Crippen LogP contribution is -2.44. The van der Waals surface area contributed by atoms with Gasteiger partial charge in [-0.25, -0.2) is 9.97 Å². The summed E-state index contributed by atoms with van der Waals surface area (Å²) in [5.74, 6) is 2.04. The third kappa shape index (κ3) is 2.83. The Morgan fingerprint density at radius 3 is 3.12 bits per heavy atom. The summed E-state index contributed by atoms with van der Waals surface area (Å²) in [5, 5.41) is 9.10. The maximum atomic E-state index is 9.10. The van der Waals surface area contributed by atoms with E-state index in [9.17, 15) is 0 Å². The molecule has 0 amide bonds. The summed E-state index contributed by atoms with van der Waals surface area (Å²) in [5.41, 5.74) is 5.75. The minimum Gasteiger partial charge on any atom is -0.394 e. The number of aliphatic hydroxyl groups excluding tert-OH is 1. The van der Waals surface area contributed by atoms with Gasteiger partial charge in [-0.2, -0.15) is 0 Å². The van der Waals surface area contributed by atoms with E-state index < -0.39 is 0 Å². The molecule has 1 saturated heterocycles. The molecule has 1 aliphatic heterocycles. The smallest absolute Gasteiger partial charge is 0.134 e. The largest absolute Gasteiger partial charge is 0.394 e. The molecule has 0 bridgehead atoms. The monoisotopic (exact) mass is 238 g/mol. The van der Waals surface area contributed by atoms with E-state index in [0.29, 0.717) is 19.0 Å². The highest BCUT2D eigenvalue weighted by Gasteiger charge is 2.21. The second-order valence-electron chi connectivity index (χ2n) is 4.04. The molecule has 6 nitrogen and oxygen atoms in total. The zero-order valence-corrected chi connectivity index (χ0v) is 9.96. The van der Waals surface area contributed by atoms with Crippen LogP contribution in [0, 0.1) is 0 Å². The maximum Gasteiger partial charge on any atom is 0.134 e. The quantitative estimate of drug-likeness (QED) is 0.760. The number of morpholine rings is 1. The lowest BCUT2D eigenvalue weighted by Gasteiger charge is -2.33. The lowest BCUT2D eigenvalue weighted by atomic mass is 10.3. The number of hydrogen-bond donors (Lipinski definition) is 2. The van der Waals surface area contributed by atoms with Gasteiger partial charge in [0.25, 0.3) is 0 Å². The fourth-order valence-corrected chi connectivity index (χ4v) is 1.86. The van der Waals surface area contributed by atoms with Crippen molar-refractivity contribution < 1.29 is 9.84 Å². The summed E-state index contributed by atoms with van der Waals surface area (Å²) in [7, 11) is 0. The molecular weight excluding hydrogens is 220 g/mol. The maximum absolute atomic E-state index is 9.10. The predicted octanol–water partition coefficient (Wildman–Crippen LogP) is -0.181. The van der Waals surface area contributed by atoms with Crippen LogP contribution in [0.25, 0.3) is 0 Å². The van der Waals surface area contributed by atoms with Gasteiger partial charge in [-0.15, -0.1) is 0 Å². The highest BCUT2D eigenvalue weighted by atomic mass is 16.5. The molecule has 17 heavy (non-hydrogen) atoms. The number of ether oxygens (including phenoxy) is 1. The van der Waals surface area contributed by atoms with E-state index >= 15 is 0 Å². The fourth-order valence-electron chi connectivity index (χ4n) is 1.86. The topological polar surface area (TPSA) is 84.5 Å². The van der Waals surface area contributed by atoms with Crippen molar-refractivity contribution in [1.82, 2.24) is 9.97 Å². The Morgan fingerprint density at radius 1 is 1.59 bits per heavy atom. The van der Waals surface area contributed by atoms with E-state index in [1.165, 1.54) is 0 Å². The van der Waals surface area contributed by atoms with Gasteiger partial charge < -0.3 is 20.5 Å². The second-order valence-corrected chi connectivity index (χ2v) is 4.04. The first-order chi connectivity index (χ1) is 8.22.